The zero-order valence-electron chi connectivity index (χ0n) is 13.2. The monoisotopic (exact) mass is 336 g/mol. The Bertz CT molecular complexity index is 620. The highest BCUT2D eigenvalue weighted by atomic mass is 32.2. The summed E-state index contributed by atoms with van der Waals surface area (Å²) >= 11 is 1.45. The molecule has 1 heterocycles. The zero-order valence-corrected chi connectivity index (χ0v) is 14.0. The maximum atomic E-state index is 12.6. The predicted molar refractivity (Wildman–Crippen MR) is 88.6 cm³/mol. The molecule has 0 saturated carbocycles. The smallest absolute Gasteiger partial charge is 0.323 e. The van der Waals surface area contributed by atoms with Crippen LogP contribution in [0.4, 0.5) is 5.69 Å². The zero-order chi connectivity index (χ0) is 17.0. The Morgan fingerprint density at radius 2 is 2.09 bits per heavy atom. The molecule has 1 N–H and O–H groups in total. The number of hydrogen-bond donors (Lipinski definition) is 1. The Hall–Kier alpha value is -2.02. The Morgan fingerprint density at radius 1 is 1.39 bits per heavy atom. The third-order valence-electron chi connectivity index (χ3n) is 3.85. The lowest BCUT2D eigenvalue weighted by Gasteiger charge is -2.32. The molecule has 0 spiro atoms. The van der Waals surface area contributed by atoms with E-state index in [1.165, 1.54) is 21.6 Å². The van der Waals surface area contributed by atoms with Crippen LogP contribution in [0.15, 0.2) is 29.2 Å². The minimum absolute atomic E-state index is 0.131. The molecule has 1 atom stereocenters. The maximum Gasteiger partial charge on any atom is 0.323 e. The van der Waals surface area contributed by atoms with Crippen molar-refractivity contribution in [2.75, 3.05) is 23.7 Å². The topological polar surface area (TPSA) is 77.9 Å². The van der Waals surface area contributed by atoms with Gasteiger partial charge in [-0.3, -0.25) is 14.4 Å². The lowest BCUT2D eigenvalue weighted by atomic mass is 10.2. The van der Waals surface area contributed by atoms with Crippen LogP contribution in [0.1, 0.15) is 20.3 Å². The second-order valence-electron chi connectivity index (χ2n) is 5.41. The van der Waals surface area contributed by atoms with Crippen LogP contribution in [0.25, 0.3) is 0 Å². The van der Waals surface area contributed by atoms with Crippen molar-refractivity contribution in [3.8, 4) is 0 Å². The van der Waals surface area contributed by atoms with Crippen LogP contribution >= 0.6 is 11.8 Å². The van der Waals surface area contributed by atoms with Gasteiger partial charge in [0.25, 0.3) is 0 Å². The predicted octanol–water partition coefficient (Wildman–Crippen LogP) is 1.84. The first kappa shape index (κ1) is 17.3. The average molecular weight is 336 g/mol. The standard InChI is InChI=1S/C16H20N2O4S/c1-3-11(2)17(9-16(21)22)14(19)8-18-12-6-4-5-7-13(12)23-10-15(18)20/h4-7,11H,3,8-10H2,1-2H3,(H,21,22). The molecule has 7 heteroatoms. The molecule has 0 saturated heterocycles. The van der Waals surface area contributed by atoms with Crippen LogP contribution in [-0.4, -0.2) is 52.7 Å². The molecular weight excluding hydrogens is 316 g/mol. The first-order valence-corrected chi connectivity index (χ1v) is 8.46. The molecule has 23 heavy (non-hydrogen) atoms. The molecule has 1 aliphatic rings. The van der Waals surface area contributed by atoms with Gasteiger partial charge in [0.2, 0.25) is 11.8 Å². The molecule has 124 valence electrons. The molecule has 1 aromatic rings. The minimum atomic E-state index is -1.06. The molecule has 0 radical (unpaired) electrons. The maximum absolute atomic E-state index is 12.6. The number of thioether (sulfide) groups is 1. The molecule has 2 amide bonds. The highest BCUT2D eigenvalue weighted by Gasteiger charge is 2.29. The van der Waals surface area contributed by atoms with E-state index < -0.39 is 5.97 Å². The van der Waals surface area contributed by atoms with Gasteiger partial charge in [0.15, 0.2) is 0 Å². The number of aliphatic carboxylic acids is 1. The van der Waals surface area contributed by atoms with Crippen LogP contribution < -0.4 is 4.90 Å². The number of para-hydroxylation sites is 1. The molecule has 2 rings (SSSR count). The van der Waals surface area contributed by atoms with E-state index in [4.69, 9.17) is 5.11 Å². The molecule has 0 bridgehead atoms. The fourth-order valence-corrected chi connectivity index (χ4v) is 3.35. The van der Waals surface area contributed by atoms with Crippen LogP contribution in [0.2, 0.25) is 0 Å². The number of carboxylic acid groups (broad SMARTS) is 1. The fourth-order valence-electron chi connectivity index (χ4n) is 2.41. The number of fused-ring (bicyclic) bond motifs is 1. The van der Waals surface area contributed by atoms with E-state index in [9.17, 15) is 14.4 Å². The van der Waals surface area contributed by atoms with Crippen molar-refractivity contribution in [2.45, 2.75) is 31.2 Å². The van der Waals surface area contributed by atoms with Gasteiger partial charge in [0.1, 0.15) is 13.1 Å². The van der Waals surface area contributed by atoms with E-state index in [0.717, 1.165) is 4.90 Å². The molecule has 6 nitrogen and oxygen atoms in total. The summed E-state index contributed by atoms with van der Waals surface area (Å²) in [5, 5.41) is 9.02. The van der Waals surface area contributed by atoms with E-state index in [1.54, 1.807) is 6.07 Å². The van der Waals surface area contributed by atoms with Crippen molar-refractivity contribution >= 4 is 35.2 Å². The Labute approximate surface area is 139 Å². The number of carbonyl (C=O) groups excluding carboxylic acids is 2. The number of rotatable bonds is 6. The van der Waals surface area contributed by atoms with Crippen molar-refractivity contribution < 1.29 is 19.5 Å². The van der Waals surface area contributed by atoms with Gasteiger partial charge in [0, 0.05) is 10.9 Å². The van der Waals surface area contributed by atoms with Gasteiger partial charge >= 0.3 is 5.97 Å². The molecule has 0 aliphatic carbocycles. The summed E-state index contributed by atoms with van der Waals surface area (Å²) < 4.78 is 0. The quantitative estimate of drug-likeness (QED) is 0.857. The highest BCUT2D eigenvalue weighted by Crippen LogP contribution is 2.34. The van der Waals surface area contributed by atoms with Crippen molar-refractivity contribution in [1.29, 1.82) is 0 Å². The van der Waals surface area contributed by atoms with E-state index in [1.807, 2.05) is 32.0 Å². The first-order valence-electron chi connectivity index (χ1n) is 7.47. The Morgan fingerprint density at radius 3 is 2.74 bits per heavy atom. The van der Waals surface area contributed by atoms with Crippen LogP contribution in [0.5, 0.6) is 0 Å². The van der Waals surface area contributed by atoms with Crippen molar-refractivity contribution in [1.82, 2.24) is 4.90 Å². The van der Waals surface area contributed by atoms with Gasteiger partial charge in [-0.2, -0.15) is 0 Å². The lowest BCUT2D eigenvalue weighted by Crippen LogP contribution is -2.49. The number of anilines is 1. The van der Waals surface area contributed by atoms with Gasteiger partial charge in [-0.15, -0.1) is 11.8 Å². The first-order chi connectivity index (χ1) is 10.9. The summed E-state index contributed by atoms with van der Waals surface area (Å²) in [6, 6.07) is 7.23. The largest absolute Gasteiger partial charge is 0.480 e. The SMILES string of the molecule is CCC(C)N(CC(=O)O)C(=O)CN1C(=O)CSc2ccccc21. The molecule has 0 fully saturated rings. The van der Waals surface area contributed by atoms with Gasteiger partial charge < -0.3 is 14.9 Å². The van der Waals surface area contributed by atoms with Gasteiger partial charge in [-0.05, 0) is 25.5 Å². The second-order valence-corrected chi connectivity index (χ2v) is 6.43. The second kappa shape index (κ2) is 7.50. The van der Waals surface area contributed by atoms with E-state index in [0.29, 0.717) is 12.1 Å². The van der Waals surface area contributed by atoms with Crippen molar-refractivity contribution in [3.05, 3.63) is 24.3 Å². The normalized spacial score (nSPS) is 15.0. The average Bonchev–Trinajstić information content (AvgIpc) is 2.54. The number of nitrogens with zero attached hydrogens (tertiary/aromatic N) is 2. The van der Waals surface area contributed by atoms with E-state index in [-0.39, 0.29) is 36.7 Å². The molecule has 1 aliphatic heterocycles. The number of amides is 2. The number of carbonyl (C=O) groups is 3. The van der Waals surface area contributed by atoms with Crippen LogP contribution in [0, 0.1) is 0 Å². The summed E-state index contributed by atoms with van der Waals surface area (Å²) in [6.45, 7) is 3.22. The van der Waals surface area contributed by atoms with Crippen molar-refractivity contribution in [2.24, 2.45) is 0 Å². The summed E-state index contributed by atoms with van der Waals surface area (Å²) in [6.07, 6.45) is 0.652. The minimum Gasteiger partial charge on any atom is -0.480 e. The molecular formula is C16H20N2O4S. The lowest BCUT2D eigenvalue weighted by molar-refractivity contribution is -0.145. The summed E-state index contributed by atoms with van der Waals surface area (Å²) in [4.78, 5) is 39.5. The van der Waals surface area contributed by atoms with E-state index in [2.05, 4.69) is 0 Å². The number of carboxylic acids is 1. The molecule has 0 aromatic heterocycles. The molecule has 1 unspecified atom stereocenters. The van der Waals surface area contributed by atoms with E-state index >= 15 is 0 Å². The van der Waals surface area contributed by atoms with Crippen LogP contribution in [-0.2, 0) is 14.4 Å². The van der Waals surface area contributed by atoms with Crippen molar-refractivity contribution in [3.63, 3.8) is 0 Å². The summed E-state index contributed by atoms with van der Waals surface area (Å²) in [7, 11) is 0. The Balaban J connectivity index is 2.20. The summed E-state index contributed by atoms with van der Waals surface area (Å²) in [5.74, 6) is -1.26. The number of hydrogen-bond acceptors (Lipinski definition) is 4. The van der Waals surface area contributed by atoms with Gasteiger partial charge in [0.05, 0.1) is 11.4 Å². The third kappa shape index (κ3) is 4.04. The molecule has 1 aromatic carbocycles. The van der Waals surface area contributed by atoms with Gasteiger partial charge in [-0.25, -0.2) is 0 Å². The third-order valence-corrected chi connectivity index (χ3v) is 4.90. The number of benzene rings is 1. The highest BCUT2D eigenvalue weighted by molar-refractivity contribution is 8.00. The fraction of sp³-hybridized carbons (Fsp3) is 0.438. The van der Waals surface area contributed by atoms with Crippen LogP contribution in [0.3, 0.4) is 0 Å². The summed E-state index contributed by atoms with van der Waals surface area (Å²) in [5.41, 5.74) is 0.710. The van der Waals surface area contributed by atoms with Gasteiger partial charge in [-0.1, -0.05) is 19.1 Å². The Kier molecular flexibility index (Phi) is 5.65.